The molecule has 1 aromatic carbocycles. The third kappa shape index (κ3) is 4.07. The van der Waals surface area contributed by atoms with Gasteiger partial charge in [-0.05, 0) is 43.6 Å². The van der Waals surface area contributed by atoms with E-state index >= 15 is 0 Å². The average molecular weight is 309 g/mol. The molecule has 2 rings (SSSR count). The minimum Gasteiger partial charge on any atom is -0.325 e. The van der Waals surface area contributed by atoms with Crippen molar-refractivity contribution < 1.29 is 4.79 Å². The Kier molecular flexibility index (Phi) is 5.17. The monoisotopic (exact) mass is 308 g/mol. The molecular weight excluding hydrogens is 292 g/mol. The number of halogens is 1. The van der Waals surface area contributed by atoms with Gasteiger partial charge in [0.05, 0.1) is 6.04 Å². The topological polar surface area (TPSA) is 32.3 Å². The Bertz CT molecular complexity index is 571. The number of hydrogen-bond donors (Lipinski definition) is 1. The number of amides is 1. The van der Waals surface area contributed by atoms with Gasteiger partial charge in [-0.25, -0.2) is 0 Å². The van der Waals surface area contributed by atoms with Gasteiger partial charge in [-0.2, -0.15) is 0 Å². The van der Waals surface area contributed by atoms with Crippen molar-refractivity contribution in [3.63, 3.8) is 0 Å². The van der Waals surface area contributed by atoms with E-state index in [1.54, 1.807) is 23.5 Å². The van der Waals surface area contributed by atoms with Gasteiger partial charge >= 0.3 is 0 Å². The van der Waals surface area contributed by atoms with Crippen LogP contribution in [0.15, 0.2) is 41.8 Å². The molecule has 0 aliphatic rings. The third-order valence-corrected chi connectivity index (χ3v) is 4.21. The van der Waals surface area contributed by atoms with Crippen molar-refractivity contribution in [1.29, 1.82) is 0 Å². The number of hydrogen-bond acceptors (Lipinski definition) is 3. The molecule has 0 unspecified atom stereocenters. The quantitative estimate of drug-likeness (QED) is 0.909. The Labute approximate surface area is 128 Å². The van der Waals surface area contributed by atoms with Crippen molar-refractivity contribution in [3.05, 3.63) is 51.7 Å². The van der Waals surface area contributed by atoms with E-state index < -0.39 is 0 Å². The normalized spacial score (nSPS) is 12.4. The average Bonchev–Trinajstić information content (AvgIpc) is 2.90. The molecule has 1 atom stereocenters. The molecule has 0 fully saturated rings. The van der Waals surface area contributed by atoms with Crippen LogP contribution in [-0.4, -0.2) is 23.9 Å². The smallest absolute Gasteiger partial charge is 0.241 e. The summed E-state index contributed by atoms with van der Waals surface area (Å²) in [6, 6.07) is 11.0. The van der Waals surface area contributed by atoms with Crippen molar-refractivity contribution in [2.24, 2.45) is 0 Å². The van der Waals surface area contributed by atoms with Crippen LogP contribution in [-0.2, 0) is 11.3 Å². The molecule has 1 N–H and O–H groups in total. The maximum absolute atomic E-state index is 12.2. The molecule has 20 heavy (non-hydrogen) atoms. The molecule has 0 spiro atoms. The van der Waals surface area contributed by atoms with Crippen LogP contribution >= 0.6 is 22.9 Å². The summed E-state index contributed by atoms with van der Waals surface area (Å²) in [7, 11) is 1.95. The van der Waals surface area contributed by atoms with Gasteiger partial charge in [0.1, 0.15) is 0 Å². The van der Waals surface area contributed by atoms with Crippen molar-refractivity contribution in [2.75, 3.05) is 12.4 Å². The van der Waals surface area contributed by atoms with Crippen LogP contribution in [0.3, 0.4) is 0 Å². The minimum absolute atomic E-state index is 0.0358. The molecule has 0 aliphatic heterocycles. The fraction of sp³-hybridized carbons (Fsp3) is 0.267. The number of nitrogens with zero attached hydrogens (tertiary/aromatic N) is 1. The number of anilines is 1. The van der Waals surface area contributed by atoms with E-state index in [1.807, 2.05) is 42.5 Å². The van der Waals surface area contributed by atoms with Gasteiger partial charge in [0, 0.05) is 22.1 Å². The predicted molar refractivity (Wildman–Crippen MR) is 85.3 cm³/mol. The largest absolute Gasteiger partial charge is 0.325 e. The maximum Gasteiger partial charge on any atom is 0.241 e. The van der Waals surface area contributed by atoms with E-state index in [-0.39, 0.29) is 11.9 Å². The Balaban J connectivity index is 1.94. The number of carbonyl (C=O) groups is 1. The van der Waals surface area contributed by atoms with E-state index in [4.69, 9.17) is 11.6 Å². The molecule has 1 amide bonds. The summed E-state index contributed by atoms with van der Waals surface area (Å²) in [5, 5.41) is 5.54. The molecule has 106 valence electrons. The second-order valence-electron chi connectivity index (χ2n) is 4.67. The first-order chi connectivity index (χ1) is 9.56. The molecule has 1 aromatic heterocycles. The predicted octanol–water partition coefficient (Wildman–Crippen LogP) is 3.86. The van der Waals surface area contributed by atoms with Gasteiger partial charge < -0.3 is 5.32 Å². The van der Waals surface area contributed by atoms with Gasteiger partial charge in [-0.1, -0.05) is 23.7 Å². The molecule has 3 nitrogen and oxygen atoms in total. The highest BCUT2D eigenvalue weighted by molar-refractivity contribution is 7.09. The van der Waals surface area contributed by atoms with Crippen LogP contribution in [0, 0.1) is 0 Å². The van der Waals surface area contributed by atoms with Crippen molar-refractivity contribution in [2.45, 2.75) is 19.5 Å². The summed E-state index contributed by atoms with van der Waals surface area (Å²) in [6.45, 7) is 2.66. The van der Waals surface area contributed by atoms with Crippen molar-refractivity contribution in [1.82, 2.24) is 4.90 Å². The van der Waals surface area contributed by atoms with E-state index in [2.05, 4.69) is 11.4 Å². The maximum atomic E-state index is 12.2. The Morgan fingerprint density at radius 1 is 1.40 bits per heavy atom. The van der Waals surface area contributed by atoms with Crippen LogP contribution in [0.2, 0.25) is 5.02 Å². The first-order valence-electron chi connectivity index (χ1n) is 6.35. The van der Waals surface area contributed by atoms with Gasteiger partial charge in [0.25, 0.3) is 0 Å². The molecule has 0 saturated carbocycles. The van der Waals surface area contributed by atoms with Crippen molar-refractivity contribution >= 4 is 34.5 Å². The van der Waals surface area contributed by atoms with Gasteiger partial charge in [-0.3, -0.25) is 9.69 Å². The molecule has 1 heterocycles. The highest BCUT2D eigenvalue weighted by atomic mass is 35.5. The lowest BCUT2D eigenvalue weighted by Crippen LogP contribution is -2.39. The van der Waals surface area contributed by atoms with Crippen LogP contribution in [0.5, 0.6) is 0 Å². The molecule has 0 radical (unpaired) electrons. The number of carbonyl (C=O) groups excluding carboxylic acids is 1. The van der Waals surface area contributed by atoms with Crippen LogP contribution in [0.25, 0.3) is 0 Å². The lowest BCUT2D eigenvalue weighted by molar-refractivity contribution is -0.120. The summed E-state index contributed by atoms with van der Waals surface area (Å²) < 4.78 is 0. The Morgan fingerprint density at radius 3 is 2.85 bits per heavy atom. The highest BCUT2D eigenvalue weighted by Crippen LogP contribution is 2.16. The molecule has 5 heteroatoms. The number of thiophene rings is 1. The number of nitrogens with one attached hydrogen (secondary N) is 1. The zero-order chi connectivity index (χ0) is 14.5. The number of benzene rings is 1. The third-order valence-electron chi connectivity index (χ3n) is 3.12. The molecular formula is C15H17ClN2OS. The van der Waals surface area contributed by atoms with E-state index in [9.17, 15) is 4.79 Å². The van der Waals surface area contributed by atoms with Gasteiger partial charge in [0.2, 0.25) is 5.91 Å². The van der Waals surface area contributed by atoms with Crippen LogP contribution in [0.1, 0.15) is 11.8 Å². The summed E-state index contributed by atoms with van der Waals surface area (Å²) >= 11 is 7.60. The lowest BCUT2D eigenvalue weighted by Gasteiger charge is -2.23. The SMILES string of the molecule is C[C@@H](C(=O)Nc1cccc(Cl)c1)N(C)Cc1cccs1. The molecule has 0 bridgehead atoms. The highest BCUT2D eigenvalue weighted by Gasteiger charge is 2.18. The molecule has 2 aromatic rings. The summed E-state index contributed by atoms with van der Waals surface area (Å²) in [6.07, 6.45) is 0. The first-order valence-corrected chi connectivity index (χ1v) is 7.61. The van der Waals surface area contributed by atoms with E-state index in [0.29, 0.717) is 5.02 Å². The van der Waals surface area contributed by atoms with Crippen molar-refractivity contribution in [3.8, 4) is 0 Å². The molecule has 0 aliphatic carbocycles. The standard InChI is InChI=1S/C15H17ClN2OS/c1-11(18(2)10-14-7-4-8-20-14)15(19)17-13-6-3-5-12(16)9-13/h3-9,11H,10H2,1-2H3,(H,17,19)/t11-/m0/s1. The van der Waals surface area contributed by atoms with E-state index in [1.165, 1.54) is 4.88 Å². The first kappa shape index (κ1) is 15.0. The Morgan fingerprint density at radius 2 is 2.20 bits per heavy atom. The lowest BCUT2D eigenvalue weighted by atomic mass is 10.2. The summed E-state index contributed by atoms with van der Waals surface area (Å²) in [5.74, 6) is -0.0358. The Hall–Kier alpha value is -1.36. The molecule has 0 saturated heterocycles. The zero-order valence-electron chi connectivity index (χ0n) is 11.5. The van der Waals surface area contributed by atoms with E-state index in [0.717, 1.165) is 12.2 Å². The second kappa shape index (κ2) is 6.88. The van der Waals surface area contributed by atoms with Gasteiger partial charge in [0.15, 0.2) is 0 Å². The minimum atomic E-state index is -0.212. The fourth-order valence-corrected chi connectivity index (χ4v) is 2.76. The van der Waals surface area contributed by atoms with Crippen LogP contribution in [0.4, 0.5) is 5.69 Å². The summed E-state index contributed by atoms with van der Waals surface area (Å²) in [5.41, 5.74) is 0.721. The van der Waals surface area contributed by atoms with Gasteiger partial charge in [-0.15, -0.1) is 11.3 Å². The number of rotatable bonds is 5. The fourth-order valence-electron chi connectivity index (χ4n) is 1.80. The second-order valence-corrected chi connectivity index (χ2v) is 6.14. The number of likely N-dealkylation sites (N-methyl/N-ethyl adjacent to an activating group) is 1. The zero-order valence-corrected chi connectivity index (χ0v) is 13.0. The van der Waals surface area contributed by atoms with Crippen LogP contribution < -0.4 is 5.32 Å². The summed E-state index contributed by atoms with van der Waals surface area (Å²) in [4.78, 5) is 15.5.